The third-order valence-corrected chi connectivity index (χ3v) is 15.0. The fourth-order valence-corrected chi connectivity index (χ4v) is 10.1. The molecule has 0 aromatic heterocycles. The van der Waals surface area contributed by atoms with Crippen LogP contribution < -0.4 is 20.5 Å². The Kier molecular flexibility index (Phi) is 37.0. The summed E-state index contributed by atoms with van der Waals surface area (Å²) >= 11 is 25.6. The summed E-state index contributed by atoms with van der Waals surface area (Å²) in [6, 6.07) is 25.3. The van der Waals surface area contributed by atoms with Gasteiger partial charge in [0.25, 0.3) is 17.1 Å². The first-order valence-electron chi connectivity index (χ1n) is 19.1. The normalized spacial score (nSPS) is 11.6. The average Bonchev–Trinajstić information content (AvgIpc) is 3.41. The van der Waals surface area contributed by atoms with Gasteiger partial charge in [-0.25, -0.2) is 25.3 Å². The molecular formula is C40H45Br5Cl5N7O12S3Sn. The van der Waals surface area contributed by atoms with Crippen molar-refractivity contribution in [2.75, 3.05) is 56.1 Å². The molecule has 0 atom stereocenters. The molecule has 5 aromatic carbocycles. The van der Waals surface area contributed by atoms with Gasteiger partial charge in [0.2, 0.25) is 29.1 Å². The van der Waals surface area contributed by atoms with Gasteiger partial charge in [0, 0.05) is 80.7 Å². The Morgan fingerprint density at radius 3 is 1.41 bits per heavy atom. The first-order chi connectivity index (χ1) is 33.3. The minimum absolute atomic E-state index is 0. The maximum atomic E-state index is 11.5. The Morgan fingerprint density at radius 2 is 1.03 bits per heavy atom. The second-order valence-corrected chi connectivity index (χ2v) is 29.6. The summed E-state index contributed by atoms with van der Waals surface area (Å²) in [5.41, 5.74) is 9.96. The van der Waals surface area contributed by atoms with Crippen molar-refractivity contribution >= 4 is 219 Å². The molecule has 0 spiro atoms. The Morgan fingerprint density at radius 1 is 0.644 bits per heavy atom. The van der Waals surface area contributed by atoms with Gasteiger partial charge in [0.1, 0.15) is 5.69 Å². The summed E-state index contributed by atoms with van der Waals surface area (Å²) in [5, 5.41) is 34.0. The molecule has 1 heterocycles. The Bertz CT molecular complexity index is 2820. The number of sulfonamides is 2. The SMILES string of the molecule is C.Cc1ccc(Br)cc1NS(=O)(=O)CCCl.Cc1ccc(Br)cc1[N+](=O)[O-].Cc1ccc(Br)cc1[N+](=O)[O-].Nc1ccc(Br)cc1[N+](=O)[O-].O=S(=O)(Cl)CCCl.O=S1(=O)CCNc2ccc(Br)cc2N1.[Cl][Sn][Cl]. The summed E-state index contributed by atoms with van der Waals surface area (Å²) in [4.78, 5) is 29.7. The van der Waals surface area contributed by atoms with Crippen molar-refractivity contribution in [3.8, 4) is 0 Å². The molecule has 6 rings (SSSR count). The summed E-state index contributed by atoms with van der Waals surface area (Å²) in [5.74, 6) is 0.00410. The van der Waals surface area contributed by atoms with Crippen molar-refractivity contribution in [1.82, 2.24) is 0 Å². The van der Waals surface area contributed by atoms with Crippen molar-refractivity contribution in [3.63, 3.8) is 0 Å². The number of halogens is 10. The van der Waals surface area contributed by atoms with E-state index >= 15 is 0 Å². The van der Waals surface area contributed by atoms with Crippen LogP contribution >= 0.6 is 131 Å². The number of anilines is 4. The van der Waals surface area contributed by atoms with Crippen LogP contribution in [-0.2, 0) is 29.1 Å². The molecule has 0 saturated carbocycles. The third-order valence-electron chi connectivity index (χ3n) is 7.99. The fourth-order valence-electron chi connectivity index (χ4n) is 4.64. The number of nitro groups is 3. The van der Waals surface area contributed by atoms with E-state index in [0.717, 1.165) is 29.1 Å². The second kappa shape index (κ2) is 36.9. The Hall–Kier alpha value is -2.00. The van der Waals surface area contributed by atoms with Gasteiger partial charge in [-0.05, 0) is 80.9 Å². The molecule has 404 valence electrons. The van der Waals surface area contributed by atoms with Gasteiger partial charge in [-0.15, -0.1) is 23.2 Å². The zero-order valence-corrected chi connectivity index (χ0v) is 54.2. The molecule has 0 fully saturated rings. The van der Waals surface area contributed by atoms with E-state index in [4.69, 9.17) is 57.5 Å². The van der Waals surface area contributed by atoms with Gasteiger partial charge in [-0.2, -0.15) is 0 Å². The van der Waals surface area contributed by atoms with E-state index < -0.39 is 52.9 Å². The molecule has 33 heteroatoms. The number of alkyl halides is 2. The summed E-state index contributed by atoms with van der Waals surface area (Å²) in [6.45, 7) is 5.70. The van der Waals surface area contributed by atoms with E-state index in [-0.39, 0.29) is 69.0 Å². The molecule has 0 saturated heterocycles. The van der Waals surface area contributed by atoms with E-state index in [0.29, 0.717) is 33.5 Å². The minimum atomic E-state index is -3.33. The van der Waals surface area contributed by atoms with Crippen LogP contribution in [-0.4, -0.2) is 94.5 Å². The van der Waals surface area contributed by atoms with Gasteiger partial charge in [-0.1, -0.05) is 105 Å². The van der Waals surface area contributed by atoms with Crippen molar-refractivity contribution in [3.05, 3.63) is 160 Å². The molecular weight excluding hydrogens is 1560 g/mol. The third kappa shape index (κ3) is 32.4. The average molecular weight is 1610 g/mol. The number of nitrogens with two attached hydrogens (primary N) is 1. The van der Waals surface area contributed by atoms with Crippen molar-refractivity contribution in [1.29, 1.82) is 0 Å². The standard InChI is InChI=1S/C9H11BrClNO2S.C8H9BrN2O2S.2C7H6BrNO2.C6H5BrN2O2.C2H4Cl2O2S.CH4.2ClH.Sn/c1-7-2-3-8(10)6-9(7)12-15(13,14)5-4-11;9-6-1-2-7-8(5-6)11-14(12,13)4-3-10-7;2*1-5-2-3-6(8)4-7(5)9(10)11;7-4-1-2-5(8)6(3-4)9(10)11;3-1-2-7(4,5)6;;;;/h2-3,6,12H,4-5H2,1H3;1-2,5,10-11H,3-4H2;2*2-4H,1H3;1-3H,8H2;1-2H2;1H4;2*1H;/q;;;;;;;;;+2/p-2. The van der Waals surface area contributed by atoms with Gasteiger partial charge in [-0.3, -0.25) is 39.8 Å². The number of hydrogen-bond donors (Lipinski definition) is 4. The summed E-state index contributed by atoms with van der Waals surface area (Å²) in [6.07, 6.45) is 0. The fraction of sp³-hybridized carbons (Fsp3) is 0.250. The number of rotatable bonds is 9. The van der Waals surface area contributed by atoms with Crippen LogP contribution in [0.2, 0.25) is 0 Å². The molecule has 0 amide bonds. The van der Waals surface area contributed by atoms with Crippen LogP contribution in [0.3, 0.4) is 0 Å². The summed E-state index contributed by atoms with van der Waals surface area (Å²) < 4.78 is 74.3. The van der Waals surface area contributed by atoms with E-state index in [2.05, 4.69) is 94.4 Å². The van der Waals surface area contributed by atoms with Crippen LogP contribution in [0, 0.1) is 51.1 Å². The molecule has 0 unspecified atom stereocenters. The quantitative estimate of drug-likeness (QED) is 0.0266. The molecule has 5 aromatic rings. The zero-order chi connectivity index (χ0) is 55.6. The number of benzene rings is 5. The molecule has 2 radical (unpaired) electrons. The van der Waals surface area contributed by atoms with E-state index in [1.807, 2.05) is 31.2 Å². The number of nitrogens with one attached hydrogen (secondary N) is 3. The number of fused-ring (bicyclic) bond motifs is 1. The molecule has 5 N–H and O–H groups in total. The number of aryl methyl sites for hydroxylation is 3. The zero-order valence-electron chi connectivity index (χ0n) is 37.2. The van der Waals surface area contributed by atoms with Gasteiger partial charge < -0.3 is 11.1 Å². The Balaban J connectivity index is 0. The van der Waals surface area contributed by atoms with Gasteiger partial charge in [0.05, 0.1) is 49.1 Å². The predicted molar refractivity (Wildman–Crippen MR) is 318 cm³/mol. The van der Waals surface area contributed by atoms with E-state index in [1.54, 1.807) is 56.3 Å². The molecule has 19 nitrogen and oxygen atoms in total. The van der Waals surface area contributed by atoms with Crippen LogP contribution in [0.5, 0.6) is 0 Å². The molecule has 0 aliphatic carbocycles. The van der Waals surface area contributed by atoms with Crippen molar-refractivity contribution in [2.24, 2.45) is 0 Å². The van der Waals surface area contributed by atoms with Gasteiger partial charge >= 0.3 is 36.7 Å². The first kappa shape index (κ1) is 73.1. The Labute approximate surface area is 498 Å². The van der Waals surface area contributed by atoms with Crippen molar-refractivity contribution < 1.29 is 40.0 Å². The number of nitrogen functional groups attached to an aromatic ring is 1. The first-order valence-corrected chi connectivity index (χ1v) is 37.2. The molecule has 0 bridgehead atoms. The van der Waals surface area contributed by atoms with Crippen LogP contribution in [0.25, 0.3) is 0 Å². The van der Waals surface area contributed by atoms with E-state index in [1.165, 1.54) is 24.3 Å². The monoisotopic (exact) mass is 1600 g/mol. The topological polar surface area (TPSA) is 294 Å². The number of hydrogen-bond acceptors (Lipinski definition) is 14. The summed E-state index contributed by atoms with van der Waals surface area (Å²) in [7, 11) is 4.75. The molecule has 1 aliphatic heterocycles. The van der Waals surface area contributed by atoms with Crippen molar-refractivity contribution in [2.45, 2.75) is 28.2 Å². The predicted octanol–water partition coefficient (Wildman–Crippen LogP) is 14.1. The van der Waals surface area contributed by atoms with E-state index in [9.17, 15) is 55.6 Å². The molecule has 1 aliphatic rings. The van der Waals surface area contributed by atoms with Crippen LogP contribution in [0.15, 0.2) is 113 Å². The van der Waals surface area contributed by atoms with Crippen LogP contribution in [0.1, 0.15) is 24.1 Å². The molecule has 73 heavy (non-hydrogen) atoms. The number of nitro benzene ring substituents is 3. The van der Waals surface area contributed by atoms with Gasteiger partial charge in [0.15, 0.2) is 0 Å². The second-order valence-electron chi connectivity index (χ2n) is 13.4. The van der Waals surface area contributed by atoms with Crippen LogP contribution in [0.4, 0.5) is 39.8 Å². The maximum absolute atomic E-state index is 11.5. The number of nitrogens with zero attached hydrogens (tertiary/aromatic N) is 3.